The number of halogens is 1. The number of rotatable bonds is 14. The summed E-state index contributed by atoms with van der Waals surface area (Å²) in [5.74, 6) is 0.339. The van der Waals surface area contributed by atoms with Gasteiger partial charge in [0.15, 0.2) is 11.5 Å². The lowest BCUT2D eigenvalue weighted by molar-refractivity contribution is -0.139. The highest BCUT2D eigenvalue weighted by Crippen LogP contribution is 2.33. The molecule has 1 aliphatic rings. The number of hydrogen-bond donors (Lipinski definition) is 1. The maximum absolute atomic E-state index is 14.2. The molecule has 1 unspecified atom stereocenters. The number of benzene rings is 3. The van der Waals surface area contributed by atoms with E-state index >= 15 is 0 Å². The Bertz CT molecular complexity index is 1560. The van der Waals surface area contributed by atoms with Gasteiger partial charge in [-0.2, -0.15) is 0 Å². The van der Waals surface area contributed by atoms with E-state index in [2.05, 4.69) is 21.2 Å². The first-order valence-corrected chi connectivity index (χ1v) is 17.1. The molecule has 0 heterocycles. The third kappa shape index (κ3) is 8.49. The number of hydrogen-bond acceptors (Lipinski definition) is 7. The van der Waals surface area contributed by atoms with Crippen molar-refractivity contribution in [2.24, 2.45) is 0 Å². The average molecular weight is 703 g/mol. The van der Waals surface area contributed by atoms with Crippen LogP contribution in [0, 0.1) is 0 Å². The first kappa shape index (κ1) is 34.1. The van der Waals surface area contributed by atoms with Gasteiger partial charge in [-0.05, 0) is 80.8 Å². The second-order valence-corrected chi connectivity index (χ2v) is 13.5. The first-order chi connectivity index (χ1) is 21.6. The second kappa shape index (κ2) is 15.5. The van der Waals surface area contributed by atoms with E-state index in [4.69, 9.17) is 14.2 Å². The molecule has 3 aromatic carbocycles. The van der Waals surface area contributed by atoms with Gasteiger partial charge in [-0.15, -0.1) is 0 Å². The number of carbonyl (C=O) groups excluding carboxylic acids is 2. The molecular formula is C33H40BrN3O7S. The Labute approximate surface area is 273 Å². The standard InChI is InChI=1S/C33H40BrN3O7S/c1-5-44-28-16-14-27(15-17-28)37(45(40,41)29-18-19-30(42-3)31(20-29)43-4)22-32(38)36(21-24-10-12-25(34)13-11-24)23(2)33(39)35-26-8-6-7-9-26/h10-20,23,26H,5-9,21-22H2,1-4H3,(H,35,39). The molecule has 3 aromatic rings. The zero-order chi connectivity index (χ0) is 32.6. The van der Waals surface area contributed by atoms with Gasteiger partial charge in [0.2, 0.25) is 11.8 Å². The van der Waals surface area contributed by atoms with Crippen LogP contribution in [0.3, 0.4) is 0 Å². The number of methoxy groups -OCH3 is 2. The van der Waals surface area contributed by atoms with Crippen molar-refractivity contribution in [2.45, 2.75) is 63.1 Å². The summed E-state index contributed by atoms with van der Waals surface area (Å²) < 4.78 is 46.6. The molecule has 2 amide bonds. The van der Waals surface area contributed by atoms with E-state index in [1.807, 2.05) is 31.2 Å². The first-order valence-electron chi connectivity index (χ1n) is 14.9. The van der Waals surface area contributed by atoms with Gasteiger partial charge in [0.25, 0.3) is 10.0 Å². The summed E-state index contributed by atoms with van der Waals surface area (Å²) in [4.78, 5) is 29.0. The third-order valence-electron chi connectivity index (χ3n) is 7.79. The zero-order valence-electron chi connectivity index (χ0n) is 26.0. The predicted molar refractivity (Wildman–Crippen MR) is 176 cm³/mol. The van der Waals surface area contributed by atoms with Crippen molar-refractivity contribution in [2.75, 3.05) is 31.7 Å². The summed E-state index contributed by atoms with van der Waals surface area (Å²) in [5, 5.41) is 3.08. The molecule has 1 fully saturated rings. The minimum absolute atomic E-state index is 0.0652. The Kier molecular flexibility index (Phi) is 11.7. The van der Waals surface area contributed by atoms with Crippen LogP contribution in [0.25, 0.3) is 0 Å². The van der Waals surface area contributed by atoms with Crippen LogP contribution in [0.5, 0.6) is 17.2 Å². The van der Waals surface area contributed by atoms with Crippen LogP contribution in [0.4, 0.5) is 5.69 Å². The van der Waals surface area contributed by atoms with Crippen LogP contribution < -0.4 is 23.8 Å². The summed E-state index contributed by atoms with van der Waals surface area (Å²) in [6.07, 6.45) is 3.89. The number of ether oxygens (including phenoxy) is 3. The molecule has 0 bridgehead atoms. The van der Waals surface area contributed by atoms with E-state index < -0.39 is 28.5 Å². The number of nitrogens with one attached hydrogen (secondary N) is 1. The minimum atomic E-state index is -4.31. The Balaban J connectivity index is 1.72. The molecule has 0 spiro atoms. The van der Waals surface area contributed by atoms with Gasteiger partial charge in [-0.3, -0.25) is 13.9 Å². The summed E-state index contributed by atoms with van der Waals surface area (Å²) in [5.41, 5.74) is 1.05. The smallest absolute Gasteiger partial charge is 0.264 e. The maximum Gasteiger partial charge on any atom is 0.264 e. The van der Waals surface area contributed by atoms with Crippen molar-refractivity contribution < 1.29 is 32.2 Å². The highest BCUT2D eigenvalue weighted by atomic mass is 79.9. The lowest BCUT2D eigenvalue weighted by Crippen LogP contribution is -2.52. The SMILES string of the molecule is CCOc1ccc(N(CC(=O)N(Cc2ccc(Br)cc2)C(C)C(=O)NC2CCCC2)S(=O)(=O)c2ccc(OC)c(OC)c2)cc1. The van der Waals surface area contributed by atoms with Crippen LogP contribution in [0.15, 0.2) is 76.1 Å². The summed E-state index contributed by atoms with van der Waals surface area (Å²) >= 11 is 3.43. The molecule has 0 saturated heterocycles. The van der Waals surface area contributed by atoms with E-state index in [9.17, 15) is 18.0 Å². The number of amides is 2. The van der Waals surface area contributed by atoms with E-state index in [1.165, 1.54) is 37.3 Å². The van der Waals surface area contributed by atoms with Gasteiger partial charge in [0, 0.05) is 23.1 Å². The van der Waals surface area contributed by atoms with Gasteiger partial charge in [-0.1, -0.05) is 40.9 Å². The highest BCUT2D eigenvalue weighted by Gasteiger charge is 2.34. The molecule has 0 aliphatic heterocycles. The fraction of sp³-hybridized carbons (Fsp3) is 0.394. The lowest BCUT2D eigenvalue weighted by Gasteiger charge is -2.32. The summed E-state index contributed by atoms with van der Waals surface area (Å²) in [6.45, 7) is 3.52. The van der Waals surface area contributed by atoms with Crippen LogP contribution in [-0.4, -0.2) is 64.6 Å². The van der Waals surface area contributed by atoms with Crippen LogP contribution in [-0.2, 0) is 26.2 Å². The van der Waals surface area contributed by atoms with E-state index in [0.29, 0.717) is 18.1 Å². The fourth-order valence-corrected chi connectivity index (χ4v) is 6.96. The quantitative estimate of drug-likeness (QED) is 0.235. The zero-order valence-corrected chi connectivity index (χ0v) is 28.4. The molecule has 4 rings (SSSR count). The van der Waals surface area contributed by atoms with Gasteiger partial charge in [0.1, 0.15) is 18.3 Å². The third-order valence-corrected chi connectivity index (χ3v) is 10.1. The van der Waals surface area contributed by atoms with Crippen molar-refractivity contribution >= 4 is 43.5 Å². The maximum atomic E-state index is 14.2. The Morgan fingerprint density at radius 1 is 0.956 bits per heavy atom. The molecule has 242 valence electrons. The predicted octanol–water partition coefficient (Wildman–Crippen LogP) is 5.54. The van der Waals surface area contributed by atoms with Gasteiger partial charge in [0.05, 0.1) is 31.4 Å². The Morgan fingerprint density at radius 3 is 2.20 bits per heavy atom. The van der Waals surface area contributed by atoms with Gasteiger partial charge in [-0.25, -0.2) is 8.42 Å². The monoisotopic (exact) mass is 701 g/mol. The van der Waals surface area contributed by atoms with Gasteiger partial charge < -0.3 is 24.4 Å². The van der Waals surface area contributed by atoms with E-state index in [-0.39, 0.29) is 34.8 Å². The number of nitrogens with zero attached hydrogens (tertiary/aromatic N) is 2. The van der Waals surface area contributed by atoms with Crippen LogP contribution in [0.2, 0.25) is 0 Å². The topological polar surface area (TPSA) is 114 Å². The summed E-state index contributed by atoms with van der Waals surface area (Å²) in [6, 6.07) is 17.4. The van der Waals surface area contributed by atoms with E-state index in [1.54, 1.807) is 31.2 Å². The number of anilines is 1. The minimum Gasteiger partial charge on any atom is -0.494 e. The molecule has 45 heavy (non-hydrogen) atoms. The van der Waals surface area contributed by atoms with Crippen molar-refractivity contribution in [1.29, 1.82) is 0 Å². The number of sulfonamides is 1. The lowest BCUT2D eigenvalue weighted by atomic mass is 10.1. The van der Waals surface area contributed by atoms with Crippen LogP contribution in [0.1, 0.15) is 45.1 Å². The Morgan fingerprint density at radius 2 is 1.60 bits per heavy atom. The van der Waals surface area contributed by atoms with Crippen molar-refractivity contribution in [3.63, 3.8) is 0 Å². The van der Waals surface area contributed by atoms with E-state index in [0.717, 1.165) is 40.0 Å². The van der Waals surface area contributed by atoms with Gasteiger partial charge >= 0.3 is 0 Å². The largest absolute Gasteiger partial charge is 0.494 e. The van der Waals surface area contributed by atoms with Crippen molar-refractivity contribution in [3.8, 4) is 17.2 Å². The number of carbonyl (C=O) groups is 2. The van der Waals surface area contributed by atoms with Crippen molar-refractivity contribution in [3.05, 3.63) is 76.8 Å². The molecule has 0 radical (unpaired) electrons. The molecule has 1 aliphatic carbocycles. The molecule has 12 heteroatoms. The van der Waals surface area contributed by atoms with Crippen LogP contribution >= 0.6 is 15.9 Å². The second-order valence-electron chi connectivity index (χ2n) is 10.8. The average Bonchev–Trinajstić information content (AvgIpc) is 3.56. The summed E-state index contributed by atoms with van der Waals surface area (Å²) in [7, 11) is -1.43. The van der Waals surface area contributed by atoms with Crippen molar-refractivity contribution in [1.82, 2.24) is 10.2 Å². The molecular weight excluding hydrogens is 662 g/mol. The molecule has 1 atom stereocenters. The molecule has 10 nitrogen and oxygen atoms in total. The molecule has 1 saturated carbocycles. The Hall–Kier alpha value is -3.77. The molecule has 1 N–H and O–H groups in total. The molecule has 0 aromatic heterocycles. The normalized spacial score (nSPS) is 14.0. The highest BCUT2D eigenvalue weighted by molar-refractivity contribution is 9.10. The fourth-order valence-electron chi connectivity index (χ4n) is 5.27.